The van der Waals surface area contributed by atoms with Gasteiger partial charge in [0.15, 0.2) is 5.11 Å². The van der Waals surface area contributed by atoms with Crippen LogP contribution in [0.2, 0.25) is 0 Å². The lowest BCUT2D eigenvalue weighted by Crippen LogP contribution is -2.47. The fourth-order valence-electron chi connectivity index (χ4n) is 4.38. The molecule has 1 amide bonds. The Labute approximate surface area is 163 Å². The van der Waals surface area contributed by atoms with Gasteiger partial charge in [0, 0.05) is 6.42 Å². The van der Waals surface area contributed by atoms with Crippen LogP contribution in [0.3, 0.4) is 0 Å². The highest BCUT2D eigenvalue weighted by molar-refractivity contribution is 7.80. The Kier molecular flexibility index (Phi) is 4.44. The Morgan fingerprint density at radius 1 is 1.19 bits per heavy atom. The Morgan fingerprint density at radius 3 is 2.44 bits per heavy atom. The molecule has 0 aromatic heterocycles. The number of nitrogens with one attached hydrogen (secondary N) is 1. The zero-order chi connectivity index (χ0) is 19.0. The van der Waals surface area contributed by atoms with Crippen LogP contribution in [0, 0.1) is 5.92 Å². The van der Waals surface area contributed by atoms with Gasteiger partial charge in [-0.1, -0.05) is 60.7 Å². The van der Waals surface area contributed by atoms with Crippen molar-refractivity contribution in [2.45, 2.75) is 24.4 Å². The molecule has 2 aliphatic rings. The van der Waals surface area contributed by atoms with E-state index in [0.29, 0.717) is 18.0 Å². The SMILES string of the molecule is COC(=O)C1C[C@@]2(Cc3ccccc3)C(=O)NC(=S)N2[C@H]1c1ccccc1. The maximum atomic E-state index is 13.0. The van der Waals surface area contributed by atoms with Gasteiger partial charge in [-0.3, -0.25) is 9.59 Å². The van der Waals surface area contributed by atoms with E-state index in [0.717, 1.165) is 11.1 Å². The van der Waals surface area contributed by atoms with E-state index in [-0.39, 0.29) is 17.9 Å². The largest absolute Gasteiger partial charge is 0.469 e. The summed E-state index contributed by atoms with van der Waals surface area (Å²) in [6.07, 6.45) is 0.844. The molecule has 0 bridgehead atoms. The van der Waals surface area contributed by atoms with Crippen LogP contribution in [0.5, 0.6) is 0 Å². The van der Waals surface area contributed by atoms with Crippen molar-refractivity contribution in [1.82, 2.24) is 10.2 Å². The third-order valence-electron chi connectivity index (χ3n) is 5.52. The van der Waals surface area contributed by atoms with Crippen molar-refractivity contribution in [2.75, 3.05) is 7.11 Å². The minimum Gasteiger partial charge on any atom is -0.469 e. The van der Waals surface area contributed by atoms with Crippen LogP contribution in [0.15, 0.2) is 60.7 Å². The Bertz CT molecular complexity index is 887. The quantitative estimate of drug-likeness (QED) is 0.653. The molecule has 0 aliphatic carbocycles. The third kappa shape index (κ3) is 2.80. The monoisotopic (exact) mass is 380 g/mol. The maximum absolute atomic E-state index is 13.0. The minimum atomic E-state index is -0.891. The molecule has 1 unspecified atom stereocenters. The van der Waals surface area contributed by atoms with Gasteiger partial charge in [-0.25, -0.2) is 0 Å². The van der Waals surface area contributed by atoms with Crippen LogP contribution >= 0.6 is 12.2 Å². The second kappa shape index (κ2) is 6.78. The van der Waals surface area contributed by atoms with Crippen molar-refractivity contribution in [2.24, 2.45) is 5.92 Å². The first kappa shape index (κ1) is 17.7. The summed E-state index contributed by atoms with van der Waals surface area (Å²) in [7, 11) is 1.39. The Hall–Kier alpha value is -2.73. The predicted octanol–water partition coefficient (Wildman–Crippen LogP) is 2.62. The Morgan fingerprint density at radius 2 is 1.81 bits per heavy atom. The molecule has 1 N–H and O–H groups in total. The van der Waals surface area contributed by atoms with Crippen molar-refractivity contribution >= 4 is 29.2 Å². The van der Waals surface area contributed by atoms with Crippen molar-refractivity contribution in [1.29, 1.82) is 0 Å². The second-order valence-electron chi connectivity index (χ2n) is 7.01. The van der Waals surface area contributed by atoms with Gasteiger partial charge in [-0.05, 0) is 29.8 Å². The first-order chi connectivity index (χ1) is 13.1. The van der Waals surface area contributed by atoms with E-state index >= 15 is 0 Å². The van der Waals surface area contributed by atoms with Crippen LogP contribution in [0.25, 0.3) is 0 Å². The topological polar surface area (TPSA) is 58.6 Å². The van der Waals surface area contributed by atoms with Crippen LogP contribution in [0.4, 0.5) is 0 Å². The molecule has 138 valence electrons. The molecule has 6 heteroatoms. The number of esters is 1. The summed E-state index contributed by atoms with van der Waals surface area (Å²) < 4.78 is 5.08. The standard InChI is InChI=1S/C21H20N2O3S/c1-26-18(24)16-13-21(12-14-8-4-2-5-9-14)19(25)22-20(27)23(21)17(16)15-10-6-3-7-11-15/h2-11,16-17H,12-13H2,1H3,(H,22,25,27)/t16?,17-,21-/m0/s1. The van der Waals surface area contributed by atoms with E-state index < -0.39 is 11.5 Å². The summed E-state index contributed by atoms with van der Waals surface area (Å²) in [6, 6.07) is 19.2. The molecule has 2 aromatic rings. The number of carbonyl (C=O) groups excluding carboxylic acids is 2. The Balaban J connectivity index is 1.83. The lowest BCUT2D eigenvalue weighted by Gasteiger charge is -2.33. The van der Waals surface area contributed by atoms with Crippen LogP contribution in [0.1, 0.15) is 23.6 Å². The highest BCUT2D eigenvalue weighted by Crippen LogP contribution is 2.51. The minimum absolute atomic E-state index is 0.149. The zero-order valence-electron chi connectivity index (χ0n) is 14.9. The predicted molar refractivity (Wildman–Crippen MR) is 105 cm³/mol. The number of hydrogen-bond donors (Lipinski definition) is 1. The highest BCUT2D eigenvalue weighted by atomic mass is 32.1. The number of carbonyl (C=O) groups is 2. The molecule has 0 radical (unpaired) electrons. The average molecular weight is 380 g/mol. The van der Waals surface area contributed by atoms with Gasteiger partial charge in [-0.2, -0.15) is 0 Å². The lowest BCUT2D eigenvalue weighted by atomic mass is 9.84. The number of hydrogen-bond acceptors (Lipinski definition) is 4. The summed E-state index contributed by atoms with van der Waals surface area (Å²) in [5, 5.41) is 3.19. The number of thiocarbonyl (C=S) groups is 1. The molecule has 2 aromatic carbocycles. The highest BCUT2D eigenvalue weighted by Gasteiger charge is 2.63. The molecule has 2 fully saturated rings. The molecular formula is C21H20N2O3S. The van der Waals surface area contributed by atoms with E-state index in [1.807, 2.05) is 65.6 Å². The third-order valence-corrected chi connectivity index (χ3v) is 5.82. The molecule has 27 heavy (non-hydrogen) atoms. The fourth-order valence-corrected chi connectivity index (χ4v) is 4.76. The summed E-state index contributed by atoms with van der Waals surface area (Å²) >= 11 is 5.52. The second-order valence-corrected chi connectivity index (χ2v) is 7.40. The maximum Gasteiger partial charge on any atom is 0.311 e. The van der Waals surface area contributed by atoms with Crippen molar-refractivity contribution in [3.63, 3.8) is 0 Å². The van der Waals surface area contributed by atoms with Crippen LogP contribution in [-0.2, 0) is 20.7 Å². The molecule has 4 rings (SSSR count). The summed E-state index contributed by atoms with van der Waals surface area (Å²) in [6.45, 7) is 0. The van der Waals surface area contributed by atoms with Gasteiger partial charge in [-0.15, -0.1) is 0 Å². The normalized spacial score (nSPS) is 26.6. The van der Waals surface area contributed by atoms with Crippen molar-refractivity contribution < 1.29 is 14.3 Å². The van der Waals surface area contributed by atoms with Gasteiger partial charge < -0.3 is 15.0 Å². The van der Waals surface area contributed by atoms with Gasteiger partial charge >= 0.3 is 5.97 Å². The zero-order valence-corrected chi connectivity index (χ0v) is 15.7. The number of methoxy groups -OCH3 is 1. The fraction of sp³-hybridized carbons (Fsp3) is 0.286. The number of fused-ring (bicyclic) bond motifs is 1. The molecule has 3 atom stereocenters. The average Bonchev–Trinajstić information content (AvgIpc) is 3.15. The van der Waals surface area contributed by atoms with Gasteiger partial charge in [0.05, 0.1) is 19.1 Å². The molecule has 2 aliphatic heterocycles. The summed E-state index contributed by atoms with van der Waals surface area (Å²) in [5.41, 5.74) is 1.08. The van der Waals surface area contributed by atoms with Crippen molar-refractivity contribution in [3.8, 4) is 0 Å². The smallest absolute Gasteiger partial charge is 0.311 e. The number of nitrogens with zero attached hydrogens (tertiary/aromatic N) is 1. The van der Waals surface area contributed by atoms with E-state index in [9.17, 15) is 9.59 Å². The van der Waals surface area contributed by atoms with E-state index in [4.69, 9.17) is 17.0 Å². The van der Waals surface area contributed by atoms with E-state index in [1.54, 1.807) is 0 Å². The van der Waals surface area contributed by atoms with Crippen LogP contribution < -0.4 is 5.32 Å². The molecule has 2 heterocycles. The molecule has 5 nitrogen and oxygen atoms in total. The first-order valence-electron chi connectivity index (χ1n) is 8.88. The molecule has 2 saturated heterocycles. The molecule has 0 spiro atoms. The number of benzene rings is 2. The molecule has 0 saturated carbocycles. The number of rotatable bonds is 4. The van der Waals surface area contributed by atoms with E-state index in [1.165, 1.54) is 7.11 Å². The number of amides is 1. The summed E-state index contributed by atoms with van der Waals surface area (Å²) in [5.74, 6) is -0.935. The molecular weight excluding hydrogens is 360 g/mol. The lowest BCUT2D eigenvalue weighted by molar-refractivity contribution is -0.146. The first-order valence-corrected chi connectivity index (χ1v) is 9.29. The van der Waals surface area contributed by atoms with Crippen molar-refractivity contribution in [3.05, 3.63) is 71.8 Å². The van der Waals surface area contributed by atoms with Gasteiger partial charge in [0.1, 0.15) is 5.54 Å². The van der Waals surface area contributed by atoms with Crippen LogP contribution in [-0.4, -0.2) is 34.5 Å². The van der Waals surface area contributed by atoms with Gasteiger partial charge in [0.2, 0.25) is 0 Å². The number of ether oxygens (including phenoxy) is 1. The summed E-state index contributed by atoms with van der Waals surface area (Å²) in [4.78, 5) is 27.6. The van der Waals surface area contributed by atoms with Gasteiger partial charge in [0.25, 0.3) is 5.91 Å². The van der Waals surface area contributed by atoms with E-state index in [2.05, 4.69) is 5.32 Å².